The van der Waals surface area contributed by atoms with Crippen molar-refractivity contribution in [2.45, 2.75) is 13.5 Å². The number of hydrogen-bond acceptors (Lipinski definition) is 3. The molecular formula is C10H12N4. The van der Waals surface area contributed by atoms with Gasteiger partial charge in [-0.1, -0.05) is 0 Å². The smallest absolute Gasteiger partial charge is 0.153 e. The summed E-state index contributed by atoms with van der Waals surface area (Å²) in [5.74, 6) is 0.807. The van der Waals surface area contributed by atoms with Gasteiger partial charge in [0.25, 0.3) is 0 Å². The second kappa shape index (κ2) is 3.59. The Morgan fingerprint density at radius 1 is 1.50 bits per heavy atom. The maximum Gasteiger partial charge on any atom is 0.153 e. The van der Waals surface area contributed by atoms with Gasteiger partial charge in [0.2, 0.25) is 0 Å². The molecule has 0 bridgehead atoms. The molecule has 2 aromatic heterocycles. The van der Waals surface area contributed by atoms with Crippen molar-refractivity contribution in [3.8, 4) is 5.82 Å². The summed E-state index contributed by atoms with van der Waals surface area (Å²) >= 11 is 0. The van der Waals surface area contributed by atoms with Crippen molar-refractivity contribution in [3.05, 3.63) is 41.9 Å². The van der Waals surface area contributed by atoms with Gasteiger partial charge in [0.15, 0.2) is 5.82 Å². The molecule has 2 N–H and O–H groups in total. The summed E-state index contributed by atoms with van der Waals surface area (Å²) in [6.07, 6.45) is 5.48. The lowest BCUT2D eigenvalue weighted by molar-refractivity contribution is 0.841. The van der Waals surface area contributed by atoms with Crippen LogP contribution in [0.3, 0.4) is 0 Å². The van der Waals surface area contributed by atoms with Crippen LogP contribution >= 0.6 is 0 Å². The molecule has 14 heavy (non-hydrogen) atoms. The van der Waals surface area contributed by atoms with E-state index in [1.807, 2.05) is 25.3 Å². The van der Waals surface area contributed by atoms with E-state index in [2.05, 4.69) is 10.1 Å². The van der Waals surface area contributed by atoms with Crippen molar-refractivity contribution in [2.24, 2.45) is 5.73 Å². The monoisotopic (exact) mass is 188 g/mol. The Labute approximate surface area is 82.4 Å². The van der Waals surface area contributed by atoms with Gasteiger partial charge in [-0.3, -0.25) is 0 Å². The number of rotatable bonds is 2. The maximum absolute atomic E-state index is 5.54. The van der Waals surface area contributed by atoms with E-state index in [0.717, 1.165) is 16.9 Å². The summed E-state index contributed by atoms with van der Waals surface area (Å²) in [5.41, 5.74) is 7.72. The predicted molar refractivity (Wildman–Crippen MR) is 54.0 cm³/mol. The van der Waals surface area contributed by atoms with Crippen molar-refractivity contribution in [2.75, 3.05) is 0 Å². The zero-order chi connectivity index (χ0) is 9.97. The topological polar surface area (TPSA) is 56.7 Å². The molecule has 0 atom stereocenters. The molecule has 0 fully saturated rings. The zero-order valence-corrected chi connectivity index (χ0v) is 8.01. The Kier molecular flexibility index (Phi) is 2.28. The average Bonchev–Trinajstić information content (AvgIpc) is 2.65. The standard InChI is InChI=1S/C10H12N4/c1-8-6-13-14(7-8)10-4-9(5-11)2-3-12-10/h2-4,6-7H,5,11H2,1H3. The van der Waals surface area contributed by atoms with Crippen molar-refractivity contribution in [1.29, 1.82) is 0 Å². The summed E-state index contributed by atoms with van der Waals surface area (Å²) in [5, 5.41) is 4.17. The third-order valence-corrected chi connectivity index (χ3v) is 1.99. The summed E-state index contributed by atoms with van der Waals surface area (Å²) < 4.78 is 1.74. The molecule has 72 valence electrons. The van der Waals surface area contributed by atoms with Crippen LogP contribution in [0, 0.1) is 6.92 Å². The molecule has 0 saturated carbocycles. The Morgan fingerprint density at radius 3 is 3.00 bits per heavy atom. The molecule has 0 aromatic carbocycles. The third kappa shape index (κ3) is 1.65. The van der Waals surface area contributed by atoms with Gasteiger partial charge in [-0.05, 0) is 30.2 Å². The fourth-order valence-corrected chi connectivity index (χ4v) is 1.25. The van der Waals surface area contributed by atoms with Crippen LogP contribution in [0.1, 0.15) is 11.1 Å². The molecule has 0 spiro atoms. The molecule has 2 heterocycles. The Hall–Kier alpha value is -1.68. The SMILES string of the molecule is Cc1cnn(-c2cc(CN)ccn2)c1. The highest BCUT2D eigenvalue weighted by atomic mass is 15.3. The highest BCUT2D eigenvalue weighted by Gasteiger charge is 1.99. The number of aryl methyl sites for hydroxylation is 1. The van der Waals surface area contributed by atoms with Gasteiger partial charge in [-0.15, -0.1) is 0 Å². The van der Waals surface area contributed by atoms with Crippen LogP contribution in [0.15, 0.2) is 30.7 Å². The Bertz CT molecular complexity index is 433. The van der Waals surface area contributed by atoms with Gasteiger partial charge in [0.05, 0.1) is 6.20 Å². The minimum atomic E-state index is 0.524. The number of nitrogens with two attached hydrogens (primary N) is 1. The van der Waals surface area contributed by atoms with E-state index in [1.165, 1.54) is 0 Å². The lowest BCUT2D eigenvalue weighted by Crippen LogP contribution is -2.01. The molecule has 0 radical (unpaired) electrons. The Morgan fingerprint density at radius 2 is 2.36 bits per heavy atom. The van der Waals surface area contributed by atoms with E-state index in [1.54, 1.807) is 17.1 Å². The molecule has 0 unspecified atom stereocenters. The molecular weight excluding hydrogens is 176 g/mol. The summed E-state index contributed by atoms with van der Waals surface area (Å²) in [4.78, 5) is 4.22. The first-order chi connectivity index (χ1) is 6.79. The van der Waals surface area contributed by atoms with Gasteiger partial charge >= 0.3 is 0 Å². The fraction of sp³-hybridized carbons (Fsp3) is 0.200. The van der Waals surface area contributed by atoms with Crippen LogP contribution in [0.4, 0.5) is 0 Å². The van der Waals surface area contributed by atoms with E-state index < -0.39 is 0 Å². The van der Waals surface area contributed by atoms with Gasteiger partial charge in [-0.25, -0.2) is 9.67 Å². The van der Waals surface area contributed by atoms with Crippen LogP contribution in [0.25, 0.3) is 5.82 Å². The summed E-state index contributed by atoms with van der Waals surface area (Å²) in [7, 11) is 0. The highest BCUT2D eigenvalue weighted by Crippen LogP contribution is 2.06. The van der Waals surface area contributed by atoms with Crippen LogP contribution in [0.2, 0.25) is 0 Å². The van der Waals surface area contributed by atoms with Crippen LogP contribution in [0.5, 0.6) is 0 Å². The van der Waals surface area contributed by atoms with E-state index in [-0.39, 0.29) is 0 Å². The molecule has 4 heteroatoms. The van der Waals surface area contributed by atoms with E-state index in [9.17, 15) is 0 Å². The molecule has 2 aromatic rings. The molecule has 0 aliphatic rings. The van der Waals surface area contributed by atoms with Crippen molar-refractivity contribution < 1.29 is 0 Å². The Balaban J connectivity index is 2.41. The first-order valence-corrected chi connectivity index (χ1v) is 4.46. The number of aromatic nitrogens is 3. The van der Waals surface area contributed by atoms with Gasteiger partial charge in [0.1, 0.15) is 0 Å². The number of hydrogen-bond donors (Lipinski definition) is 1. The van der Waals surface area contributed by atoms with Crippen molar-refractivity contribution in [1.82, 2.24) is 14.8 Å². The molecule has 0 amide bonds. The number of nitrogens with zero attached hydrogens (tertiary/aromatic N) is 3. The first kappa shape index (κ1) is 8.90. The molecule has 0 aliphatic heterocycles. The van der Waals surface area contributed by atoms with Crippen LogP contribution < -0.4 is 5.73 Å². The third-order valence-electron chi connectivity index (χ3n) is 1.99. The minimum absolute atomic E-state index is 0.524. The van der Waals surface area contributed by atoms with Crippen LogP contribution in [-0.4, -0.2) is 14.8 Å². The van der Waals surface area contributed by atoms with Gasteiger partial charge in [-0.2, -0.15) is 5.10 Å². The zero-order valence-electron chi connectivity index (χ0n) is 8.01. The van der Waals surface area contributed by atoms with E-state index in [4.69, 9.17) is 5.73 Å². The predicted octanol–water partition coefficient (Wildman–Crippen LogP) is 1.03. The highest BCUT2D eigenvalue weighted by molar-refractivity contribution is 5.27. The van der Waals surface area contributed by atoms with Gasteiger partial charge in [0, 0.05) is 18.9 Å². The number of pyridine rings is 1. The van der Waals surface area contributed by atoms with E-state index >= 15 is 0 Å². The lowest BCUT2D eigenvalue weighted by Gasteiger charge is -2.01. The molecule has 2 rings (SSSR count). The quantitative estimate of drug-likeness (QED) is 0.766. The van der Waals surface area contributed by atoms with E-state index in [0.29, 0.717) is 6.54 Å². The average molecular weight is 188 g/mol. The maximum atomic E-state index is 5.54. The van der Waals surface area contributed by atoms with Crippen LogP contribution in [-0.2, 0) is 6.54 Å². The second-order valence-electron chi connectivity index (χ2n) is 3.19. The molecule has 0 aliphatic carbocycles. The minimum Gasteiger partial charge on any atom is -0.326 e. The normalized spacial score (nSPS) is 10.4. The summed E-state index contributed by atoms with van der Waals surface area (Å²) in [6, 6.07) is 3.84. The van der Waals surface area contributed by atoms with Crippen molar-refractivity contribution in [3.63, 3.8) is 0 Å². The molecule has 0 saturated heterocycles. The summed E-state index contributed by atoms with van der Waals surface area (Å²) in [6.45, 7) is 2.52. The van der Waals surface area contributed by atoms with Crippen molar-refractivity contribution >= 4 is 0 Å². The first-order valence-electron chi connectivity index (χ1n) is 4.46. The lowest BCUT2D eigenvalue weighted by atomic mass is 10.2. The largest absolute Gasteiger partial charge is 0.326 e. The fourth-order valence-electron chi connectivity index (χ4n) is 1.25. The molecule has 4 nitrogen and oxygen atoms in total. The second-order valence-corrected chi connectivity index (χ2v) is 3.19. The van der Waals surface area contributed by atoms with Gasteiger partial charge < -0.3 is 5.73 Å².